The Bertz CT molecular complexity index is 497. The molecule has 0 amide bonds. The zero-order chi connectivity index (χ0) is 13.8. The Hall–Kier alpha value is 0.310. The summed E-state index contributed by atoms with van der Waals surface area (Å²) in [5, 5.41) is 0. The third-order valence-electron chi connectivity index (χ3n) is 1.81. The first-order valence-corrected chi connectivity index (χ1v) is 6.51. The van der Waals surface area contributed by atoms with Crippen LogP contribution in [0.4, 0.5) is 4.79 Å². The van der Waals surface area contributed by atoms with Gasteiger partial charge in [0.1, 0.15) is 5.75 Å². The van der Waals surface area contributed by atoms with Crippen LogP contribution in [0, 0.1) is 0 Å². The second-order valence-corrected chi connectivity index (χ2v) is 4.61. The number of hydrogen-bond donors (Lipinski definition) is 2. The van der Waals surface area contributed by atoms with E-state index in [1.165, 1.54) is 24.3 Å². The number of ether oxygens (including phenoxy) is 2. The largest absolute Gasteiger partial charge is 0.462 e. The van der Waals surface area contributed by atoms with Gasteiger partial charge in [-0.05, 0) is 31.2 Å². The summed E-state index contributed by atoms with van der Waals surface area (Å²) in [7, 11) is -4.92. The minimum Gasteiger partial charge on any atom is -0.462 e. The molecule has 10 heteroatoms. The number of carbonyl (C=O) groups excluding carboxylic acids is 2. The normalized spacial score (nSPS) is 9.75. The molecule has 0 saturated heterocycles. The van der Waals surface area contributed by atoms with Crippen LogP contribution in [0.1, 0.15) is 17.3 Å². The van der Waals surface area contributed by atoms with Crippen molar-refractivity contribution in [3.8, 4) is 5.75 Å². The molecule has 7 nitrogen and oxygen atoms in total. The maximum atomic E-state index is 11.3. The van der Waals surface area contributed by atoms with E-state index in [-0.39, 0.29) is 77.0 Å². The molecular formula is C10H11Na2O7P. The zero-order valence-corrected chi connectivity index (χ0v) is 16.3. The first-order chi connectivity index (χ1) is 8.34. The summed E-state index contributed by atoms with van der Waals surface area (Å²) in [5.74, 6) is -0.610. The number of carbonyl (C=O) groups is 2. The molecule has 2 radical (unpaired) electrons. The molecule has 0 unspecified atom stereocenters. The summed E-state index contributed by atoms with van der Waals surface area (Å²) in [6.07, 6.45) is 0. The van der Waals surface area contributed by atoms with Crippen molar-refractivity contribution in [2.24, 2.45) is 0 Å². The molecule has 0 bridgehead atoms. The Morgan fingerprint density at radius 1 is 1.15 bits per heavy atom. The Balaban J connectivity index is 0. The van der Waals surface area contributed by atoms with Crippen molar-refractivity contribution in [1.29, 1.82) is 0 Å². The van der Waals surface area contributed by atoms with Crippen molar-refractivity contribution in [2.75, 3.05) is 6.61 Å². The summed E-state index contributed by atoms with van der Waals surface area (Å²) in [6, 6.07) is 5.11. The van der Waals surface area contributed by atoms with Gasteiger partial charge in [-0.1, -0.05) is 0 Å². The van der Waals surface area contributed by atoms with E-state index < -0.39 is 19.3 Å². The van der Waals surface area contributed by atoms with Gasteiger partial charge in [0.2, 0.25) is 0 Å². The van der Waals surface area contributed by atoms with Gasteiger partial charge < -0.3 is 19.3 Å². The Morgan fingerprint density at radius 2 is 1.65 bits per heavy atom. The van der Waals surface area contributed by atoms with E-state index in [9.17, 15) is 14.2 Å². The predicted octanol–water partition coefficient (Wildman–Crippen LogP) is 0.778. The Morgan fingerprint density at radius 3 is 2.05 bits per heavy atom. The van der Waals surface area contributed by atoms with Gasteiger partial charge in [-0.3, -0.25) is 0 Å². The van der Waals surface area contributed by atoms with Crippen molar-refractivity contribution >= 4 is 78.4 Å². The fourth-order valence-electron chi connectivity index (χ4n) is 1.03. The molecular weight excluding hydrogens is 309 g/mol. The molecule has 1 aromatic rings. The van der Waals surface area contributed by atoms with Gasteiger partial charge in [-0.15, -0.1) is 0 Å². The molecule has 0 atom stereocenters. The molecule has 2 N–H and O–H groups in total. The van der Waals surface area contributed by atoms with Crippen LogP contribution in [0.2, 0.25) is 0 Å². The molecule has 0 spiro atoms. The SMILES string of the molecule is CCOC(=O)c1ccc(OC(=O)P(=O)(O)O)cc1.[Na].[Na]. The standard InChI is InChI=1S/C10H11O7P.2Na/c1-2-16-9(11)7-3-5-8(6-4-7)17-10(12)18(13,14)15;;/h3-6H,2H2,1H3,(H2,13,14,15);;. The summed E-state index contributed by atoms with van der Waals surface area (Å²) in [6.45, 7) is 1.89. The number of esters is 1. The van der Waals surface area contributed by atoms with E-state index in [2.05, 4.69) is 4.74 Å². The van der Waals surface area contributed by atoms with Crippen molar-refractivity contribution < 1.29 is 33.4 Å². The molecule has 0 heterocycles. The minimum absolute atomic E-state index is 0. The molecule has 1 rings (SSSR count). The average Bonchev–Trinajstić information content (AvgIpc) is 2.29. The topological polar surface area (TPSA) is 110 Å². The van der Waals surface area contributed by atoms with Gasteiger partial charge in [-0.2, -0.15) is 0 Å². The third-order valence-corrected chi connectivity index (χ3v) is 2.38. The first-order valence-electron chi connectivity index (χ1n) is 4.89. The van der Waals surface area contributed by atoms with Crippen molar-refractivity contribution in [2.45, 2.75) is 6.92 Å². The van der Waals surface area contributed by atoms with Gasteiger partial charge >= 0.3 is 19.3 Å². The number of benzene rings is 1. The molecule has 100 valence electrons. The fraction of sp³-hybridized carbons (Fsp3) is 0.200. The van der Waals surface area contributed by atoms with Crippen molar-refractivity contribution in [1.82, 2.24) is 0 Å². The Kier molecular flexibility index (Phi) is 11.4. The summed E-state index contributed by atoms with van der Waals surface area (Å²) in [4.78, 5) is 39.2. The molecule has 0 aromatic heterocycles. The monoisotopic (exact) mass is 320 g/mol. The predicted molar refractivity (Wildman–Crippen MR) is 72.0 cm³/mol. The van der Waals surface area contributed by atoms with Crippen LogP contribution >= 0.6 is 7.60 Å². The molecule has 0 aliphatic rings. The van der Waals surface area contributed by atoms with Gasteiger partial charge in [0.25, 0.3) is 0 Å². The second kappa shape index (κ2) is 10.1. The van der Waals surface area contributed by atoms with Gasteiger partial charge in [0.05, 0.1) is 12.2 Å². The smallest absolute Gasteiger partial charge is 0.433 e. The quantitative estimate of drug-likeness (QED) is 0.479. The first kappa shape index (κ1) is 22.6. The zero-order valence-electron chi connectivity index (χ0n) is 11.4. The molecule has 1 aromatic carbocycles. The van der Waals surface area contributed by atoms with E-state index in [4.69, 9.17) is 14.5 Å². The van der Waals surface area contributed by atoms with Gasteiger partial charge in [0, 0.05) is 59.1 Å². The van der Waals surface area contributed by atoms with E-state index in [1.807, 2.05) is 0 Å². The number of rotatable bonds is 4. The van der Waals surface area contributed by atoms with E-state index >= 15 is 0 Å². The van der Waals surface area contributed by atoms with Crippen LogP contribution in [-0.4, -0.2) is 87.2 Å². The van der Waals surface area contributed by atoms with E-state index in [1.54, 1.807) is 6.92 Å². The second-order valence-electron chi connectivity index (χ2n) is 3.16. The molecule has 20 heavy (non-hydrogen) atoms. The van der Waals surface area contributed by atoms with Crippen LogP contribution in [0.25, 0.3) is 0 Å². The molecule has 0 saturated carbocycles. The maximum absolute atomic E-state index is 11.3. The minimum atomic E-state index is -4.92. The van der Waals surface area contributed by atoms with Gasteiger partial charge in [0.15, 0.2) is 0 Å². The van der Waals surface area contributed by atoms with Crippen molar-refractivity contribution in [3.63, 3.8) is 0 Å². The van der Waals surface area contributed by atoms with Crippen LogP contribution in [0.15, 0.2) is 24.3 Å². The number of hydrogen-bond acceptors (Lipinski definition) is 5. The summed E-state index contributed by atoms with van der Waals surface area (Å²) >= 11 is 0. The van der Waals surface area contributed by atoms with Gasteiger partial charge in [-0.25, -0.2) is 14.2 Å². The van der Waals surface area contributed by atoms with Crippen LogP contribution in [0.3, 0.4) is 0 Å². The van der Waals surface area contributed by atoms with E-state index in [0.717, 1.165) is 0 Å². The summed E-state index contributed by atoms with van der Waals surface area (Å²) in [5.41, 5.74) is -1.40. The fourth-order valence-corrected chi connectivity index (χ4v) is 1.26. The van der Waals surface area contributed by atoms with Crippen LogP contribution < -0.4 is 4.74 Å². The van der Waals surface area contributed by atoms with Crippen LogP contribution in [-0.2, 0) is 9.30 Å². The average molecular weight is 320 g/mol. The third kappa shape index (κ3) is 7.36. The van der Waals surface area contributed by atoms with Crippen LogP contribution in [0.5, 0.6) is 5.75 Å². The van der Waals surface area contributed by atoms with E-state index in [0.29, 0.717) is 0 Å². The summed E-state index contributed by atoms with van der Waals surface area (Å²) < 4.78 is 19.7. The molecule has 0 fully saturated rings. The molecule has 0 aliphatic heterocycles. The Labute approximate surface area is 159 Å². The molecule has 0 aliphatic carbocycles. The van der Waals surface area contributed by atoms with Crippen molar-refractivity contribution in [3.05, 3.63) is 29.8 Å². The maximum Gasteiger partial charge on any atom is 0.433 e.